The van der Waals surface area contributed by atoms with Crippen molar-refractivity contribution in [3.63, 3.8) is 0 Å². The van der Waals surface area contributed by atoms with Crippen LogP contribution in [0.3, 0.4) is 0 Å². The Kier molecular flexibility index (Phi) is 5.86. The van der Waals surface area contributed by atoms with Crippen molar-refractivity contribution in [3.8, 4) is 0 Å². The van der Waals surface area contributed by atoms with Gasteiger partial charge in [0.15, 0.2) is 5.16 Å². The third-order valence-electron chi connectivity index (χ3n) is 2.90. The first kappa shape index (κ1) is 15.6. The summed E-state index contributed by atoms with van der Waals surface area (Å²) >= 11 is 1.55. The van der Waals surface area contributed by atoms with E-state index in [4.69, 9.17) is 0 Å². The van der Waals surface area contributed by atoms with E-state index in [0.717, 1.165) is 48.4 Å². The van der Waals surface area contributed by atoms with E-state index in [-0.39, 0.29) is 0 Å². The van der Waals surface area contributed by atoms with E-state index in [1.807, 2.05) is 36.3 Å². The van der Waals surface area contributed by atoms with Crippen LogP contribution in [0.5, 0.6) is 0 Å². The highest BCUT2D eigenvalue weighted by molar-refractivity contribution is 7.98. The van der Waals surface area contributed by atoms with Crippen molar-refractivity contribution in [2.24, 2.45) is 7.05 Å². The lowest BCUT2D eigenvalue weighted by Gasteiger charge is -2.09. The van der Waals surface area contributed by atoms with Gasteiger partial charge in [0.25, 0.3) is 0 Å². The summed E-state index contributed by atoms with van der Waals surface area (Å²) in [6, 6.07) is 3.98. The number of aromatic nitrogens is 4. The van der Waals surface area contributed by atoms with Crippen LogP contribution in [-0.2, 0) is 13.5 Å². The Morgan fingerprint density at radius 1 is 1.19 bits per heavy atom. The fraction of sp³-hybridized carbons (Fsp3) is 0.500. The molecule has 0 amide bonds. The molecule has 0 saturated carbocycles. The lowest BCUT2D eigenvalue weighted by Crippen LogP contribution is -2.10. The van der Waals surface area contributed by atoms with Crippen molar-refractivity contribution in [1.82, 2.24) is 19.7 Å². The first-order valence-electron chi connectivity index (χ1n) is 7.10. The van der Waals surface area contributed by atoms with E-state index in [9.17, 15) is 0 Å². The highest BCUT2D eigenvalue weighted by atomic mass is 32.2. The second kappa shape index (κ2) is 7.87. The van der Waals surface area contributed by atoms with Crippen LogP contribution in [0.4, 0.5) is 11.6 Å². The summed E-state index contributed by atoms with van der Waals surface area (Å²) < 4.78 is 1.82. The highest BCUT2D eigenvalue weighted by Crippen LogP contribution is 2.17. The van der Waals surface area contributed by atoms with Crippen LogP contribution in [-0.4, -0.2) is 39.1 Å². The highest BCUT2D eigenvalue weighted by Gasteiger charge is 2.04. The summed E-state index contributed by atoms with van der Waals surface area (Å²) in [4.78, 5) is 8.92. The van der Waals surface area contributed by atoms with E-state index in [2.05, 4.69) is 32.6 Å². The normalized spacial score (nSPS) is 10.6. The minimum Gasteiger partial charge on any atom is -0.370 e. The molecule has 0 fully saturated rings. The Bertz CT molecular complexity index is 568. The van der Waals surface area contributed by atoms with Crippen molar-refractivity contribution < 1.29 is 0 Å². The lowest BCUT2D eigenvalue weighted by atomic mass is 10.3. The molecule has 0 aliphatic rings. The Hall–Kier alpha value is -1.76. The molecule has 0 spiro atoms. The Balaban J connectivity index is 1.94. The van der Waals surface area contributed by atoms with Gasteiger partial charge in [-0.15, -0.1) is 0 Å². The van der Waals surface area contributed by atoms with Crippen LogP contribution in [0.1, 0.15) is 19.0 Å². The van der Waals surface area contributed by atoms with Crippen LogP contribution in [0.2, 0.25) is 0 Å². The molecule has 0 saturated heterocycles. The summed E-state index contributed by atoms with van der Waals surface area (Å²) in [5.74, 6) is 1.72. The number of nitrogens with zero attached hydrogens (tertiary/aromatic N) is 4. The van der Waals surface area contributed by atoms with Crippen molar-refractivity contribution >= 4 is 23.4 Å². The second-order valence-electron chi connectivity index (χ2n) is 4.71. The molecule has 2 rings (SSSR count). The summed E-state index contributed by atoms with van der Waals surface area (Å²) in [6.45, 7) is 3.85. The van der Waals surface area contributed by atoms with Gasteiger partial charge >= 0.3 is 0 Å². The molecule has 0 bridgehead atoms. The molecule has 0 aromatic carbocycles. The maximum absolute atomic E-state index is 4.47. The average molecular weight is 306 g/mol. The number of hydrogen-bond donors (Lipinski definition) is 2. The molecule has 2 N–H and O–H groups in total. The minimum atomic E-state index is 0.774. The van der Waals surface area contributed by atoms with E-state index >= 15 is 0 Å². The van der Waals surface area contributed by atoms with E-state index in [0.29, 0.717) is 0 Å². The predicted octanol–water partition coefficient (Wildman–Crippen LogP) is 2.41. The first-order valence-corrected chi connectivity index (χ1v) is 8.33. The zero-order valence-corrected chi connectivity index (χ0v) is 13.6. The second-order valence-corrected chi connectivity index (χ2v) is 5.48. The largest absolute Gasteiger partial charge is 0.370 e. The fourth-order valence-corrected chi connectivity index (χ4v) is 2.25. The molecule has 0 unspecified atom stereocenters. The van der Waals surface area contributed by atoms with Gasteiger partial charge in [0.05, 0.1) is 5.69 Å². The Morgan fingerprint density at radius 2 is 1.90 bits per heavy atom. The number of rotatable bonds is 8. The molecule has 2 aromatic rings. The number of thioether (sulfide) groups is 1. The zero-order chi connectivity index (χ0) is 15.1. The number of nitrogens with one attached hydrogen (secondary N) is 2. The molecule has 0 radical (unpaired) electrons. The van der Waals surface area contributed by atoms with Gasteiger partial charge in [-0.2, -0.15) is 5.10 Å². The minimum absolute atomic E-state index is 0.774. The van der Waals surface area contributed by atoms with Gasteiger partial charge in [-0.25, -0.2) is 9.97 Å². The molecule has 114 valence electrons. The molecular weight excluding hydrogens is 284 g/mol. The monoisotopic (exact) mass is 306 g/mol. The molecule has 2 aromatic heterocycles. The summed E-state index contributed by atoms with van der Waals surface area (Å²) in [6.07, 6.45) is 5.88. The molecule has 0 atom stereocenters. The third-order valence-corrected chi connectivity index (χ3v) is 3.45. The predicted molar refractivity (Wildman–Crippen MR) is 88.0 cm³/mol. The van der Waals surface area contributed by atoms with E-state index in [1.54, 1.807) is 11.8 Å². The molecule has 21 heavy (non-hydrogen) atoms. The number of anilines is 2. The van der Waals surface area contributed by atoms with Crippen molar-refractivity contribution in [1.29, 1.82) is 0 Å². The van der Waals surface area contributed by atoms with Gasteiger partial charge in [0.1, 0.15) is 11.6 Å². The molecule has 0 aliphatic carbocycles. The van der Waals surface area contributed by atoms with Crippen LogP contribution in [0, 0.1) is 0 Å². The van der Waals surface area contributed by atoms with Crippen molar-refractivity contribution in [2.75, 3.05) is 30.0 Å². The van der Waals surface area contributed by atoms with Crippen molar-refractivity contribution in [3.05, 3.63) is 24.0 Å². The number of aryl methyl sites for hydroxylation is 1. The van der Waals surface area contributed by atoms with E-state index in [1.165, 1.54) is 0 Å². The molecular formula is C14H22N6S. The molecule has 2 heterocycles. The van der Waals surface area contributed by atoms with Crippen LogP contribution in [0.25, 0.3) is 0 Å². The topological polar surface area (TPSA) is 67.7 Å². The third kappa shape index (κ3) is 4.93. The summed E-state index contributed by atoms with van der Waals surface area (Å²) in [7, 11) is 1.93. The maximum atomic E-state index is 4.47. The van der Waals surface area contributed by atoms with Gasteiger partial charge in [-0.05, 0) is 18.7 Å². The van der Waals surface area contributed by atoms with Crippen molar-refractivity contribution in [2.45, 2.75) is 24.9 Å². The quantitative estimate of drug-likeness (QED) is 0.576. The zero-order valence-electron chi connectivity index (χ0n) is 12.8. The van der Waals surface area contributed by atoms with Crippen LogP contribution < -0.4 is 10.6 Å². The molecule has 0 aliphatic heterocycles. The Morgan fingerprint density at radius 3 is 2.48 bits per heavy atom. The van der Waals surface area contributed by atoms with Gasteiger partial charge in [0, 0.05) is 38.8 Å². The first-order chi connectivity index (χ1) is 10.2. The van der Waals surface area contributed by atoms with Gasteiger partial charge in [-0.1, -0.05) is 18.7 Å². The van der Waals surface area contributed by atoms with Gasteiger partial charge in [0.2, 0.25) is 0 Å². The molecule has 7 heteroatoms. The SMILES string of the molecule is CCCNc1cc(NCCc2ccn(C)n2)nc(SC)n1. The maximum Gasteiger partial charge on any atom is 0.191 e. The van der Waals surface area contributed by atoms with Crippen LogP contribution in [0.15, 0.2) is 23.5 Å². The van der Waals surface area contributed by atoms with Gasteiger partial charge < -0.3 is 10.6 Å². The standard InChI is InChI=1S/C14H22N6S/c1-4-7-15-12-10-13(18-14(17-12)21-3)16-8-5-11-6-9-20(2)19-11/h6,9-10H,4-5,7-8H2,1-3H3,(H2,15,16,17,18). The van der Waals surface area contributed by atoms with Crippen LogP contribution >= 0.6 is 11.8 Å². The average Bonchev–Trinajstić information content (AvgIpc) is 2.90. The smallest absolute Gasteiger partial charge is 0.191 e. The fourth-order valence-electron chi connectivity index (χ4n) is 1.87. The summed E-state index contributed by atoms with van der Waals surface area (Å²) in [5, 5.41) is 11.8. The van der Waals surface area contributed by atoms with Gasteiger partial charge in [-0.3, -0.25) is 4.68 Å². The van der Waals surface area contributed by atoms with E-state index < -0.39 is 0 Å². The summed E-state index contributed by atoms with van der Waals surface area (Å²) in [5.41, 5.74) is 1.08. The number of hydrogen-bond acceptors (Lipinski definition) is 6. The Labute approximate surface area is 129 Å². The lowest BCUT2D eigenvalue weighted by molar-refractivity contribution is 0.741. The molecule has 6 nitrogen and oxygen atoms in total.